The molecule has 0 aliphatic carbocycles. The van der Waals surface area contributed by atoms with Gasteiger partial charge in [0.1, 0.15) is 5.84 Å². The number of aryl methyl sites for hydroxylation is 1. The van der Waals surface area contributed by atoms with Crippen LogP contribution in [0, 0.1) is 0 Å². The van der Waals surface area contributed by atoms with E-state index in [0.717, 1.165) is 0 Å². The first-order valence-electron chi connectivity index (χ1n) is 8.89. The number of oxime groups is 1. The average Bonchev–Trinajstić information content (AvgIpc) is 3.17. The van der Waals surface area contributed by atoms with Gasteiger partial charge in [0.15, 0.2) is 5.82 Å². The fraction of sp³-hybridized carbons (Fsp3) is 0.625. The van der Waals surface area contributed by atoms with Crippen molar-refractivity contribution in [2.45, 2.75) is 58.3 Å². The number of hydrogen-bond donors (Lipinski definition) is 4. The van der Waals surface area contributed by atoms with E-state index in [2.05, 4.69) is 24.6 Å². The lowest BCUT2D eigenvalue weighted by atomic mass is 10.2. The van der Waals surface area contributed by atoms with Crippen molar-refractivity contribution < 1.29 is 56.6 Å². The van der Waals surface area contributed by atoms with Crippen molar-refractivity contribution in [3.63, 3.8) is 0 Å². The van der Waals surface area contributed by atoms with Gasteiger partial charge in [-0.2, -0.15) is 22.5 Å². The molecule has 0 bridgehead atoms. The van der Waals surface area contributed by atoms with E-state index in [9.17, 15) is 31.9 Å². The molecule has 0 spiro atoms. The van der Waals surface area contributed by atoms with E-state index in [1.807, 2.05) is 0 Å². The van der Waals surface area contributed by atoms with Crippen LogP contribution in [0.2, 0.25) is 0 Å². The van der Waals surface area contributed by atoms with E-state index in [1.54, 1.807) is 0 Å². The van der Waals surface area contributed by atoms with Gasteiger partial charge >= 0.3 is 30.8 Å². The number of halogens is 4. The Morgan fingerprint density at radius 2 is 1.66 bits per heavy atom. The summed E-state index contributed by atoms with van der Waals surface area (Å²) in [6.07, 6.45) is -4.51. The Bertz CT molecular complexity index is 716. The second-order valence-corrected chi connectivity index (χ2v) is 5.49. The van der Waals surface area contributed by atoms with E-state index < -0.39 is 36.6 Å². The Hall–Kier alpha value is -3.46. The van der Waals surface area contributed by atoms with E-state index >= 15 is 0 Å². The summed E-state index contributed by atoms with van der Waals surface area (Å²) < 4.78 is 54.3. The summed E-state index contributed by atoms with van der Waals surface area (Å²) in [5.74, 6) is -3.81. The maximum atomic E-state index is 11.9. The normalized spacial score (nSPS) is 10.7. The fourth-order valence-electron chi connectivity index (χ4n) is 1.53. The van der Waals surface area contributed by atoms with Gasteiger partial charge in [-0.15, -0.1) is 0 Å². The zero-order valence-electron chi connectivity index (χ0n) is 16.9. The van der Waals surface area contributed by atoms with Gasteiger partial charge in [0.05, 0.1) is 6.61 Å². The van der Waals surface area contributed by atoms with Crippen LogP contribution < -0.4 is 5.73 Å². The Labute approximate surface area is 179 Å². The number of aliphatic carboxylic acids is 2. The second-order valence-electron chi connectivity index (χ2n) is 5.49. The number of aromatic nitrogens is 2. The summed E-state index contributed by atoms with van der Waals surface area (Å²) in [5, 5.41) is 30.4. The van der Waals surface area contributed by atoms with Crippen molar-refractivity contribution in [1.29, 1.82) is 0 Å². The van der Waals surface area contributed by atoms with Crippen molar-refractivity contribution >= 4 is 23.7 Å². The Balaban J connectivity index is 0. The predicted molar refractivity (Wildman–Crippen MR) is 97.4 cm³/mol. The van der Waals surface area contributed by atoms with E-state index in [-0.39, 0.29) is 37.5 Å². The summed E-state index contributed by atoms with van der Waals surface area (Å²) in [6.45, 7) is 1.48. The lowest BCUT2D eigenvalue weighted by Gasteiger charge is -1.96. The fourth-order valence-corrected chi connectivity index (χ4v) is 1.53. The Kier molecular flexibility index (Phi) is 17.6. The first-order valence-corrected chi connectivity index (χ1v) is 8.89. The van der Waals surface area contributed by atoms with Crippen molar-refractivity contribution in [2.24, 2.45) is 10.9 Å². The SMILES string of the molecule is CCOC(=O)C(F)F.N/C(CCCC(=O)O)=N\O.O=C(O)CCCc1noc(C(F)F)n1. The minimum absolute atomic E-state index is 0.00315. The highest BCUT2D eigenvalue weighted by atomic mass is 19.3. The lowest BCUT2D eigenvalue weighted by molar-refractivity contribution is -0.155. The zero-order valence-corrected chi connectivity index (χ0v) is 16.9. The number of amidine groups is 1. The minimum Gasteiger partial charge on any atom is -0.481 e. The van der Waals surface area contributed by atoms with Crippen molar-refractivity contribution in [3.8, 4) is 0 Å². The number of nitrogens with zero attached hydrogens (tertiary/aromatic N) is 3. The zero-order chi connectivity index (χ0) is 25.1. The minimum atomic E-state index is -2.99. The molecule has 0 atom stereocenters. The number of alkyl halides is 4. The largest absolute Gasteiger partial charge is 0.481 e. The molecular formula is C16H24F4N4O8. The summed E-state index contributed by atoms with van der Waals surface area (Å²) in [6, 6.07) is 0. The number of carbonyl (C=O) groups excluding carboxylic acids is 1. The molecule has 0 fully saturated rings. The summed E-state index contributed by atoms with van der Waals surface area (Å²) in [7, 11) is 0. The molecule has 0 aliphatic rings. The standard InChI is InChI=1S/C7H8F2N2O3.C5H10N2O3.C4H6F2O2/c8-6(9)7-10-4(11-14-7)2-1-3-5(12)13;6-4(7-10)2-1-3-5(8)9;1-2-8-4(7)3(5)6/h6H,1-3H2,(H,12,13);10H,1-3H2,(H2,6,7)(H,8,9);3H,2H2,1H3. The van der Waals surface area contributed by atoms with Crippen LogP contribution in [0.4, 0.5) is 17.6 Å². The van der Waals surface area contributed by atoms with Gasteiger partial charge in [-0.05, 0) is 19.8 Å². The molecule has 0 amide bonds. The van der Waals surface area contributed by atoms with Crippen molar-refractivity contribution in [1.82, 2.24) is 10.1 Å². The van der Waals surface area contributed by atoms with Crippen LogP contribution in [0.1, 0.15) is 57.2 Å². The van der Waals surface area contributed by atoms with Crippen molar-refractivity contribution in [3.05, 3.63) is 11.7 Å². The molecule has 12 nitrogen and oxygen atoms in total. The smallest absolute Gasteiger partial charge is 0.373 e. The molecule has 0 aliphatic heterocycles. The molecule has 0 aromatic carbocycles. The highest BCUT2D eigenvalue weighted by Gasteiger charge is 2.16. The van der Waals surface area contributed by atoms with Gasteiger partial charge in [-0.1, -0.05) is 10.3 Å². The summed E-state index contributed by atoms with van der Waals surface area (Å²) in [4.78, 5) is 33.2. The quantitative estimate of drug-likeness (QED) is 0.0911. The average molecular weight is 476 g/mol. The molecule has 5 N–H and O–H groups in total. The summed E-state index contributed by atoms with van der Waals surface area (Å²) >= 11 is 0. The van der Waals surface area contributed by atoms with Crippen LogP contribution in [0.15, 0.2) is 9.68 Å². The Morgan fingerprint density at radius 1 is 1.09 bits per heavy atom. The van der Waals surface area contributed by atoms with Gasteiger partial charge in [0, 0.05) is 25.7 Å². The molecule has 1 aromatic heterocycles. The van der Waals surface area contributed by atoms with Crippen LogP contribution in [0.25, 0.3) is 0 Å². The number of carboxylic acid groups (broad SMARTS) is 2. The third-order valence-electron chi connectivity index (χ3n) is 2.88. The van der Waals surface area contributed by atoms with Crippen molar-refractivity contribution in [2.75, 3.05) is 6.61 Å². The van der Waals surface area contributed by atoms with Crippen LogP contribution in [0.3, 0.4) is 0 Å². The van der Waals surface area contributed by atoms with Gasteiger partial charge in [-0.25, -0.2) is 4.79 Å². The highest BCUT2D eigenvalue weighted by molar-refractivity contribution is 5.80. The topological polar surface area (TPSA) is 198 Å². The number of carboxylic acids is 2. The number of carbonyl (C=O) groups is 3. The van der Waals surface area contributed by atoms with Crippen LogP contribution in [-0.4, -0.2) is 62.3 Å². The third kappa shape index (κ3) is 18.6. The molecule has 0 unspecified atom stereocenters. The molecule has 0 saturated carbocycles. The molecule has 184 valence electrons. The molecular weight excluding hydrogens is 452 g/mol. The number of ether oxygens (including phenoxy) is 1. The van der Waals surface area contributed by atoms with E-state index in [4.69, 9.17) is 21.2 Å². The predicted octanol–water partition coefficient (Wildman–Crippen LogP) is 2.22. The van der Waals surface area contributed by atoms with Crippen LogP contribution in [0.5, 0.6) is 0 Å². The monoisotopic (exact) mass is 476 g/mol. The maximum Gasteiger partial charge on any atom is 0.373 e. The second kappa shape index (κ2) is 18.3. The van der Waals surface area contributed by atoms with Crippen LogP contribution >= 0.6 is 0 Å². The molecule has 1 aromatic rings. The number of rotatable bonds is 11. The molecule has 1 heterocycles. The van der Waals surface area contributed by atoms with E-state index in [1.165, 1.54) is 6.92 Å². The Morgan fingerprint density at radius 3 is 2.03 bits per heavy atom. The first kappa shape index (κ1) is 30.7. The highest BCUT2D eigenvalue weighted by Crippen LogP contribution is 2.16. The number of nitrogens with two attached hydrogens (primary N) is 1. The lowest BCUT2D eigenvalue weighted by Crippen LogP contribution is -2.13. The van der Waals surface area contributed by atoms with E-state index in [0.29, 0.717) is 19.3 Å². The maximum absolute atomic E-state index is 11.9. The number of hydrogen-bond acceptors (Lipinski definition) is 9. The molecule has 0 radical (unpaired) electrons. The molecule has 0 saturated heterocycles. The third-order valence-corrected chi connectivity index (χ3v) is 2.88. The number of esters is 1. The molecule has 16 heteroatoms. The van der Waals surface area contributed by atoms with Gasteiger partial charge in [-0.3, -0.25) is 9.59 Å². The van der Waals surface area contributed by atoms with Gasteiger partial charge in [0.2, 0.25) is 0 Å². The van der Waals surface area contributed by atoms with Gasteiger partial charge in [0.25, 0.3) is 5.89 Å². The summed E-state index contributed by atoms with van der Waals surface area (Å²) in [5.41, 5.74) is 5.07. The molecule has 32 heavy (non-hydrogen) atoms. The van der Waals surface area contributed by atoms with Crippen LogP contribution in [-0.2, 0) is 25.5 Å². The molecule has 1 rings (SSSR count). The first-order chi connectivity index (χ1) is 14.9. The van der Waals surface area contributed by atoms with Gasteiger partial charge < -0.3 is 30.4 Å².